The third kappa shape index (κ3) is 2.77. The second kappa shape index (κ2) is 5.70. The van der Waals surface area contributed by atoms with Gasteiger partial charge in [0, 0.05) is 5.56 Å². The summed E-state index contributed by atoms with van der Waals surface area (Å²) in [5, 5.41) is 12.2. The molecule has 102 valence electrons. The van der Waals surface area contributed by atoms with Crippen LogP contribution in [-0.2, 0) is 0 Å². The highest BCUT2D eigenvalue weighted by atomic mass is 19.1. The van der Waals surface area contributed by atoms with Gasteiger partial charge >= 0.3 is 0 Å². The summed E-state index contributed by atoms with van der Waals surface area (Å²) < 4.78 is 26.9. The maximum Gasteiger partial charge on any atom is 0.128 e. The molecule has 0 aliphatic heterocycles. The second-order valence-electron chi connectivity index (χ2n) is 4.64. The van der Waals surface area contributed by atoms with Crippen LogP contribution >= 0.6 is 0 Å². The zero-order valence-corrected chi connectivity index (χ0v) is 11.2. The summed E-state index contributed by atoms with van der Waals surface area (Å²) >= 11 is 0. The van der Waals surface area contributed by atoms with E-state index >= 15 is 0 Å². The Morgan fingerprint density at radius 2 is 1.95 bits per heavy atom. The molecular weight excluding hydrogens is 258 g/mol. The number of hydrogen-bond donors (Lipinski definition) is 1. The Balaban J connectivity index is 2.33. The number of nitriles is 1. The number of halogens is 2. The highest BCUT2D eigenvalue weighted by molar-refractivity contribution is 5.61. The fraction of sp³-hybridized carbons (Fsp3) is 0.188. The molecule has 2 aromatic rings. The monoisotopic (exact) mass is 272 g/mol. The number of rotatable bonds is 3. The molecule has 0 saturated carbocycles. The zero-order chi connectivity index (χ0) is 14.7. The molecule has 0 saturated heterocycles. The Bertz CT molecular complexity index is 675. The molecule has 1 N–H and O–H groups in total. The van der Waals surface area contributed by atoms with Crippen molar-refractivity contribution in [3.63, 3.8) is 0 Å². The molecule has 0 amide bonds. The summed E-state index contributed by atoms with van der Waals surface area (Å²) in [6, 6.07) is 10.4. The van der Waals surface area contributed by atoms with E-state index in [2.05, 4.69) is 11.4 Å². The van der Waals surface area contributed by atoms with E-state index < -0.39 is 17.7 Å². The van der Waals surface area contributed by atoms with Crippen LogP contribution in [0.1, 0.15) is 29.7 Å². The van der Waals surface area contributed by atoms with Gasteiger partial charge in [-0.05, 0) is 43.7 Å². The highest BCUT2D eigenvalue weighted by Crippen LogP contribution is 2.26. The lowest BCUT2D eigenvalue weighted by atomic mass is 10.0. The van der Waals surface area contributed by atoms with Crippen molar-refractivity contribution in [1.82, 2.24) is 0 Å². The van der Waals surface area contributed by atoms with Gasteiger partial charge in [0.2, 0.25) is 0 Å². The van der Waals surface area contributed by atoms with Gasteiger partial charge in [0.05, 0.1) is 17.3 Å². The number of nitrogens with one attached hydrogen (secondary N) is 1. The largest absolute Gasteiger partial charge is 0.377 e. The summed E-state index contributed by atoms with van der Waals surface area (Å²) in [6.07, 6.45) is 0. The molecule has 0 aromatic heterocycles. The Hall–Kier alpha value is -2.41. The van der Waals surface area contributed by atoms with Crippen molar-refractivity contribution in [2.75, 3.05) is 5.32 Å². The lowest BCUT2D eigenvalue weighted by Crippen LogP contribution is -2.10. The van der Waals surface area contributed by atoms with Gasteiger partial charge in [-0.3, -0.25) is 0 Å². The van der Waals surface area contributed by atoms with E-state index in [-0.39, 0.29) is 5.56 Å². The summed E-state index contributed by atoms with van der Waals surface area (Å²) in [5.74, 6) is -0.961. The van der Waals surface area contributed by atoms with Gasteiger partial charge in [-0.2, -0.15) is 5.26 Å². The third-order valence-corrected chi connectivity index (χ3v) is 3.18. The molecular formula is C16H14F2N2. The molecule has 0 radical (unpaired) electrons. The van der Waals surface area contributed by atoms with Crippen LogP contribution in [0.4, 0.5) is 14.5 Å². The molecule has 0 aliphatic carbocycles. The van der Waals surface area contributed by atoms with Gasteiger partial charge in [0.1, 0.15) is 17.7 Å². The maximum atomic E-state index is 13.7. The first-order valence-corrected chi connectivity index (χ1v) is 6.24. The van der Waals surface area contributed by atoms with Gasteiger partial charge in [-0.15, -0.1) is 0 Å². The van der Waals surface area contributed by atoms with Crippen LogP contribution in [0.15, 0.2) is 36.4 Å². The number of benzene rings is 2. The summed E-state index contributed by atoms with van der Waals surface area (Å²) in [7, 11) is 0. The summed E-state index contributed by atoms with van der Waals surface area (Å²) in [5.41, 5.74) is 2.19. The van der Waals surface area contributed by atoms with E-state index in [1.807, 2.05) is 19.1 Å². The Labute approximate surface area is 116 Å². The van der Waals surface area contributed by atoms with Crippen molar-refractivity contribution < 1.29 is 8.78 Å². The predicted octanol–water partition coefficient (Wildman–Crippen LogP) is 4.32. The van der Waals surface area contributed by atoms with Crippen LogP contribution in [0, 0.1) is 29.9 Å². The first kappa shape index (κ1) is 14.0. The molecule has 1 atom stereocenters. The fourth-order valence-corrected chi connectivity index (χ4v) is 2.09. The highest BCUT2D eigenvalue weighted by Gasteiger charge is 2.14. The third-order valence-electron chi connectivity index (χ3n) is 3.18. The maximum absolute atomic E-state index is 13.7. The smallest absolute Gasteiger partial charge is 0.128 e. The molecule has 0 fully saturated rings. The van der Waals surface area contributed by atoms with Crippen molar-refractivity contribution in [3.8, 4) is 6.07 Å². The number of aryl methyl sites for hydroxylation is 1. The van der Waals surface area contributed by atoms with E-state index in [0.29, 0.717) is 11.3 Å². The van der Waals surface area contributed by atoms with Crippen LogP contribution < -0.4 is 5.32 Å². The van der Waals surface area contributed by atoms with Crippen molar-refractivity contribution in [2.45, 2.75) is 19.9 Å². The molecule has 0 aliphatic rings. The number of nitrogens with zero attached hydrogens (tertiary/aromatic N) is 1. The van der Waals surface area contributed by atoms with E-state index in [1.165, 1.54) is 0 Å². The molecule has 1 unspecified atom stereocenters. The van der Waals surface area contributed by atoms with E-state index in [9.17, 15) is 8.78 Å². The van der Waals surface area contributed by atoms with Gasteiger partial charge in [0.25, 0.3) is 0 Å². The van der Waals surface area contributed by atoms with Crippen molar-refractivity contribution >= 4 is 5.69 Å². The molecule has 0 spiro atoms. The molecule has 2 rings (SSSR count). The SMILES string of the molecule is Cc1cccc(NC(C)c2cc(F)ccc2F)c1C#N. The van der Waals surface area contributed by atoms with Gasteiger partial charge < -0.3 is 5.32 Å². The van der Waals surface area contributed by atoms with Crippen LogP contribution in [0.3, 0.4) is 0 Å². The lowest BCUT2D eigenvalue weighted by molar-refractivity contribution is 0.577. The first-order valence-electron chi connectivity index (χ1n) is 6.24. The van der Waals surface area contributed by atoms with E-state index in [4.69, 9.17) is 5.26 Å². The summed E-state index contributed by atoms with van der Waals surface area (Å²) in [4.78, 5) is 0. The normalized spacial score (nSPS) is 11.8. The van der Waals surface area contributed by atoms with Gasteiger partial charge in [-0.25, -0.2) is 8.78 Å². The standard InChI is InChI=1S/C16H14F2N2/c1-10-4-3-5-16(14(10)9-19)20-11(2)13-8-12(17)6-7-15(13)18/h3-8,11,20H,1-2H3. The van der Waals surface area contributed by atoms with Gasteiger partial charge in [0.15, 0.2) is 0 Å². The molecule has 4 heteroatoms. The molecule has 20 heavy (non-hydrogen) atoms. The van der Waals surface area contributed by atoms with Gasteiger partial charge in [-0.1, -0.05) is 12.1 Å². The van der Waals surface area contributed by atoms with Crippen LogP contribution in [-0.4, -0.2) is 0 Å². The fourth-order valence-electron chi connectivity index (χ4n) is 2.09. The number of anilines is 1. The Morgan fingerprint density at radius 1 is 1.20 bits per heavy atom. The Morgan fingerprint density at radius 3 is 2.65 bits per heavy atom. The van der Waals surface area contributed by atoms with E-state index in [0.717, 1.165) is 23.8 Å². The van der Waals surface area contributed by atoms with Crippen LogP contribution in [0.5, 0.6) is 0 Å². The number of hydrogen-bond acceptors (Lipinski definition) is 2. The molecule has 0 heterocycles. The summed E-state index contributed by atoms with van der Waals surface area (Å²) in [6.45, 7) is 3.55. The minimum Gasteiger partial charge on any atom is -0.377 e. The molecule has 0 bridgehead atoms. The van der Waals surface area contributed by atoms with E-state index in [1.54, 1.807) is 13.0 Å². The quantitative estimate of drug-likeness (QED) is 0.903. The average Bonchev–Trinajstić information content (AvgIpc) is 2.41. The minimum atomic E-state index is -0.486. The minimum absolute atomic E-state index is 0.232. The molecule has 2 aromatic carbocycles. The Kier molecular flexibility index (Phi) is 3.99. The van der Waals surface area contributed by atoms with Crippen molar-refractivity contribution in [1.29, 1.82) is 5.26 Å². The average molecular weight is 272 g/mol. The molecule has 2 nitrogen and oxygen atoms in total. The van der Waals surface area contributed by atoms with Crippen molar-refractivity contribution in [2.24, 2.45) is 0 Å². The first-order chi connectivity index (χ1) is 9.52. The predicted molar refractivity (Wildman–Crippen MR) is 74.3 cm³/mol. The second-order valence-corrected chi connectivity index (χ2v) is 4.64. The van der Waals surface area contributed by atoms with Crippen molar-refractivity contribution in [3.05, 3.63) is 64.7 Å². The van der Waals surface area contributed by atoms with Crippen LogP contribution in [0.25, 0.3) is 0 Å². The van der Waals surface area contributed by atoms with Crippen LogP contribution in [0.2, 0.25) is 0 Å². The zero-order valence-electron chi connectivity index (χ0n) is 11.2. The topological polar surface area (TPSA) is 35.8 Å². The lowest BCUT2D eigenvalue weighted by Gasteiger charge is -2.18.